The number of hydrogen-bond acceptors (Lipinski definition) is 5. The summed E-state index contributed by atoms with van der Waals surface area (Å²) in [4.78, 5) is 8.53. The molecule has 3 aromatic heterocycles. The molecule has 0 saturated heterocycles. The summed E-state index contributed by atoms with van der Waals surface area (Å²) < 4.78 is 3.16. The molecule has 1 aliphatic heterocycles. The van der Waals surface area contributed by atoms with E-state index < -0.39 is 0 Å². The highest BCUT2D eigenvalue weighted by atomic mass is 32.1. The molecule has 0 aliphatic carbocycles. The van der Waals surface area contributed by atoms with E-state index in [0.717, 1.165) is 21.1 Å². The minimum Gasteiger partial charge on any atom is -0.284 e. The Bertz CT molecular complexity index is 739. The van der Waals surface area contributed by atoms with Gasteiger partial charge in [0.05, 0.1) is 11.2 Å². The van der Waals surface area contributed by atoms with Crippen LogP contribution in [0.4, 0.5) is 0 Å². The summed E-state index contributed by atoms with van der Waals surface area (Å²) in [5.74, 6) is 0.875. The average Bonchev–Trinajstić information content (AvgIpc) is 2.91. The van der Waals surface area contributed by atoms with Gasteiger partial charge in [0, 0.05) is 29.6 Å². The van der Waals surface area contributed by atoms with Crippen LogP contribution < -0.4 is 0 Å². The molecule has 0 radical (unpaired) electrons. The highest BCUT2D eigenvalue weighted by Crippen LogP contribution is 2.33. The van der Waals surface area contributed by atoms with Crippen LogP contribution in [0.2, 0.25) is 0 Å². The van der Waals surface area contributed by atoms with Crippen LogP contribution >= 0.6 is 11.3 Å². The number of fused-ring (bicyclic) bond motifs is 5. The maximum atomic E-state index is 4.39. The van der Waals surface area contributed by atoms with Crippen molar-refractivity contribution in [1.29, 1.82) is 0 Å². The molecule has 6 heteroatoms. The number of nitrogens with zero attached hydrogens (tertiary/aromatic N) is 5. The second-order valence-corrected chi connectivity index (χ2v) is 4.81. The van der Waals surface area contributed by atoms with Crippen LogP contribution in [0.3, 0.4) is 0 Å². The zero-order chi connectivity index (χ0) is 11.2. The van der Waals surface area contributed by atoms with Crippen LogP contribution in [0, 0.1) is 0 Å². The molecule has 0 unspecified atom stereocenters. The molecule has 5 nitrogen and oxygen atoms in total. The van der Waals surface area contributed by atoms with Gasteiger partial charge in [0.2, 0.25) is 0 Å². The van der Waals surface area contributed by atoms with Crippen LogP contribution in [-0.2, 0) is 6.54 Å². The zero-order valence-electron chi connectivity index (χ0n) is 8.74. The molecule has 4 rings (SSSR count). The van der Waals surface area contributed by atoms with Crippen molar-refractivity contribution >= 4 is 27.6 Å². The van der Waals surface area contributed by atoms with E-state index in [1.54, 1.807) is 23.9 Å². The molecule has 0 fully saturated rings. The zero-order valence-corrected chi connectivity index (χ0v) is 9.55. The first-order chi connectivity index (χ1) is 8.43. The van der Waals surface area contributed by atoms with Crippen molar-refractivity contribution in [2.75, 3.05) is 0 Å². The summed E-state index contributed by atoms with van der Waals surface area (Å²) in [6, 6.07) is 2.02. The maximum absolute atomic E-state index is 4.39. The molecule has 4 heterocycles. The third-order valence-electron chi connectivity index (χ3n) is 2.80. The summed E-state index contributed by atoms with van der Waals surface area (Å²) in [5, 5.41) is 10.3. The first-order valence-electron chi connectivity index (χ1n) is 5.19. The fourth-order valence-electron chi connectivity index (χ4n) is 2.02. The standard InChI is InChI=1S/C11H7N5S/c1-2-12-4-9-7(1)8-3-13-5-10-15-14-6-16(10)11(8)17-9/h1-4,6H,5H2. The Balaban J connectivity index is 2.16. The van der Waals surface area contributed by atoms with Crippen LogP contribution in [0.5, 0.6) is 0 Å². The van der Waals surface area contributed by atoms with Gasteiger partial charge < -0.3 is 0 Å². The Morgan fingerprint density at radius 3 is 3.35 bits per heavy atom. The van der Waals surface area contributed by atoms with E-state index in [9.17, 15) is 0 Å². The largest absolute Gasteiger partial charge is 0.284 e. The summed E-state index contributed by atoms with van der Waals surface area (Å²) in [5.41, 5.74) is 1.13. The van der Waals surface area contributed by atoms with E-state index in [2.05, 4.69) is 20.2 Å². The molecule has 3 aromatic rings. The van der Waals surface area contributed by atoms with Crippen molar-refractivity contribution in [3.63, 3.8) is 0 Å². The molecule has 0 bridgehead atoms. The van der Waals surface area contributed by atoms with E-state index in [-0.39, 0.29) is 0 Å². The minimum atomic E-state index is 0.577. The van der Waals surface area contributed by atoms with Gasteiger partial charge in [0.15, 0.2) is 5.82 Å². The highest BCUT2D eigenvalue weighted by Gasteiger charge is 2.17. The molecular weight excluding hydrogens is 234 g/mol. The van der Waals surface area contributed by atoms with E-state index in [1.165, 1.54) is 5.39 Å². The van der Waals surface area contributed by atoms with Crippen molar-refractivity contribution in [1.82, 2.24) is 19.7 Å². The third kappa shape index (κ3) is 1.18. The lowest BCUT2D eigenvalue weighted by atomic mass is 10.2. The predicted octanol–water partition coefficient (Wildman–Crippen LogP) is 1.81. The topological polar surface area (TPSA) is 56.0 Å². The number of pyridine rings is 1. The molecule has 0 saturated carbocycles. The SMILES string of the molecule is C1=NCc2nncn2-c2sc3cnccc3c21. The second kappa shape index (κ2) is 3.21. The highest BCUT2D eigenvalue weighted by molar-refractivity contribution is 7.21. The van der Waals surface area contributed by atoms with Gasteiger partial charge in [0.25, 0.3) is 0 Å². The quantitative estimate of drug-likeness (QED) is 0.603. The number of thiophene rings is 1. The van der Waals surface area contributed by atoms with E-state index in [1.807, 2.05) is 23.0 Å². The molecule has 0 spiro atoms. The van der Waals surface area contributed by atoms with E-state index in [4.69, 9.17) is 0 Å². The Labute approximate surface area is 100 Å². The fourth-order valence-corrected chi connectivity index (χ4v) is 3.15. The van der Waals surface area contributed by atoms with Gasteiger partial charge in [-0.2, -0.15) is 0 Å². The summed E-state index contributed by atoms with van der Waals surface area (Å²) in [7, 11) is 0. The van der Waals surface area contributed by atoms with Crippen LogP contribution in [0.15, 0.2) is 29.8 Å². The van der Waals surface area contributed by atoms with Crippen molar-refractivity contribution in [3.05, 3.63) is 36.2 Å². The number of hydrogen-bond donors (Lipinski definition) is 0. The van der Waals surface area contributed by atoms with Crippen molar-refractivity contribution in [2.45, 2.75) is 6.54 Å². The molecule has 0 atom stereocenters. The molecule has 0 aromatic carbocycles. The summed E-state index contributed by atoms with van der Waals surface area (Å²) >= 11 is 1.69. The Morgan fingerprint density at radius 1 is 1.35 bits per heavy atom. The molecule has 17 heavy (non-hydrogen) atoms. The van der Waals surface area contributed by atoms with Gasteiger partial charge in [0.1, 0.15) is 11.3 Å². The van der Waals surface area contributed by atoms with Gasteiger partial charge in [-0.15, -0.1) is 21.5 Å². The smallest absolute Gasteiger partial charge is 0.159 e. The summed E-state index contributed by atoms with van der Waals surface area (Å²) in [6.07, 6.45) is 7.35. The minimum absolute atomic E-state index is 0.577. The number of rotatable bonds is 0. The summed E-state index contributed by atoms with van der Waals surface area (Å²) in [6.45, 7) is 0.577. The van der Waals surface area contributed by atoms with Crippen molar-refractivity contribution < 1.29 is 0 Å². The third-order valence-corrected chi connectivity index (χ3v) is 3.96. The molecule has 82 valence electrons. The maximum Gasteiger partial charge on any atom is 0.159 e. The van der Waals surface area contributed by atoms with E-state index >= 15 is 0 Å². The van der Waals surface area contributed by atoms with Gasteiger partial charge >= 0.3 is 0 Å². The Hall–Kier alpha value is -2.08. The monoisotopic (exact) mass is 241 g/mol. The van der Waals surface area contributed by atoms with Crippen LogP contribution in [-0.4, -0.2) is 26.0 Å². The molecule has 0 N–H and O–H groups in total. The van der Waals surface area contributed by atoms with Crippen molar-refractivity contribution in [3.8, 4) is 5.00 Å². The van der Waals surface area contributed by atoms with Crippen molar-refractivity contribution in [2.24, 2.45) is 4.99 Å². The Kier molecular flexibility index (Phi) is 1.70. The number of aliphatic imine (C=N–C) groups is 1. The molecule has 0 amide bonds. The molecular formula is C11H7N5S. The molecule has 1 aliphatic rings. The second-order valence-electron chi connectivity index (χ2n) is 3.78. The van der Waals surface area contributed by atoms with Gasteiger partial charge in [-0.1, -0.05) is 0 Å². The van der Waals surface area contributed by atoms with Gasteiger partial charge in [-0.25, -0.2) is 0 Å². The normalized spacial score (nSPS) is 13.4. The lowest BCUT2D eigenvalue weighted by Gasteiger charge is -1.99. The lowest BCUT2D eigenvalue weighted by Crippen LogP contribution is -1.96. The van der Waals surface area contributed by atoms with E-state index in [0.29, 0.717) is 6.54 Å². The van der Waals surface area contributed by atoms with Crippen LogP contribution in [0.1, 0.15) is 11.4 Å². The first kappa shape index (κ1) is 9.00. The number of aromatic nitrogens is 4. The average molecular weight is 241 g/mol. The Morgan fingerprint density at radius 2 is 2.35 bits per heavy atom. The van der Waals surface area contributed by atoms with Crippen LogP contribution in [0.25, 0.3) is 15.1 Å². The van der Waals surface area contributed by atoms with Gasteiger partial charge in [-0.05, 0) is 6.07 Å². The van der Waals surface area contributed by atoms with Gasteiger partial charge in [-0.3, -0.25) is 14.5 Å². The lowest BCUT2D eigenvalue weighted by molar-refractivity contribution is 0.878. The predicted molar refractivity (Wildman–Crippen MR) is 65.8 cm³/mol. The fraction of sp³-hybridized carbons (Fsp3) is 0.0909. The first-order valence-corrected chi connectivity index (χ1v) is 6.01.